The van der Waals surface area contributed by atoms with E-state index in [0.29, 0.717) is 30.3 Å². The smallest absolute Gasteiger partial charge is 0.319 e. The van der Waals surface area contributed by atoms with Crippen LogP contribution >= 0.6 is 0 Å². The Balaban J connectivity index is 1.52. The van der Waals surface area contributed by atoms with E-state index in [1.54, 1.807) is 42.9 Å². The van der Waals surface area contributed by atoms with Crippen LogP contribution in [-0.4, -0.2) is 21.9 Å². The van der Waals surface area contributed by atoms with Crippen LogP contribution in [0.15, 0.2) is 79.8 Å². The van der Waals surface area contributed by atoms with E-state index < -0.39 is 0 Å². The lowest BCUT2D eigenvalue weighted by Crippen LogP contribution is -2.28. The van der Waals surface area contributed by atoms with Gasteiger partial charge in [0.25, 0.3) is 0 Å². The highest BCUT2D eigenvalue weighted by atomic mass is 16.2. The molecule has 0 aliphatic heterocycles. The molecule has 3 amide bonds. The van der Waals surface area contributed by atoms with Crippen LogP contribution in [0.25, 0.3) is 0 Å². The number of carbonyl (C=O) groups excluding carboxylic acids is 2. The fourth-order valence-electron chi connectivity index (χ4n) is 2.58. The number of amides is 3. The Bertz CT molecular complexity index is 1010. The van der Waals surface area contributed by atoms with E-state index in [9.17, 15) is 9.59 Å². The van der Waals surface area contributed by atoms with Crippen LogP contribution in [0.1, 0.15) is 11.1 Å². The first-order chi connectivity index (χ1) is 14.6. The molecule has 0 fully saturated rings. The Morgan fingerprint density at radius 3 is 2.37 bits per heavy atom. The number of pyridine rings is 2. The van der Waals surface area contributed by atoms with Crippen LogP contribution in [-0.2, 0) is 17.9 Å². The molecule has 3 aromatic rings. The van der Waals surface area contributed by atoms with Crippen LogP contribution in [0.4, 0.5) is 22.0 Å². The molecule has 0 spiro atoms. The number of benzene rings is 1. The van der Waals surface area contributed by atoms with Crippen LogP contribution < -0.4 is 21.3 Å². The third-order valence-corrected chi connectivity index (χ3v) is 4.13. The number of rotatable bonds is 8. The lowest BCUT2D eigenvalue weighted by atomic mass is 10.2. The van der Waals surface area contributed by atoms with Gasteiger partial charge in [-0.2, -0.15) is 0 Å². The van der Waals surface area contributed by atoms with E-state index >= 15 is 0 Å². The minimum Gasteiger partial charge on any atom is -0.364 e. The average molecular weight is 402 g/mol. The van der Waals surface area contributed by atoms with Gasteiger partial charge >= 0.3 is 6.03 Å². The highest BCUT2D eigenvalue weighted by Gasteiger charge is 2.08. The summed E-state index contributed by atoms with van der Waals surface area (Å²) < 4.78 is 0. The Morgan fingerprint density at radius 1 is 0.900 bits per heavy atom. The van der Waals surface area contributed by atoms with Crippen molar-refractivity contribution >= 4 is 29.1 Å². The van der Waals surface area contributed by atoms with Gasteiger partial charge in [0.2, 0.25) is 5.91 Å². The average Bonchev–Trinajstić information content (AvgIpc) is 2.78. The molecule has 152 valence electrons. The third-order valence-electron chi connectivity index (χ3n) is 4.13. The minimum absolute atomic E-state index is 0.273. The summed E-state index contributed by atoms with van der Waals surface area (Å²) in [7, 11) is 0. The molecule has 0 radical (unpaired) electrons. The van der Waals surface area contributed by atoms with Crippen LogP contribution in [0, 0.1) is 0 Å². The number of hydrogen-bond acceptors (Lipinski definition) is 5. The predicted octanol–water partition coefficient (Wildman–Crippen LogP) is 3.53. The molecule has 8 nitrogen and oxygen atoms in total. The molecular formula is C22H22N6O2. The zero-order chi connectivity index (χ0) is 21.2. The SMILES string of the molecule is C=CC(=O)Nc1ccc(CNC(=O)Nc2cccnc2NCc2ccncc2)cc1. The van der Waals surface area contributed by atoms with Gasteiger partial charge in [-0.25, -0.2) is 9.78 Å². The summed E-state index contributed by atoms with van der Waals surface area (Å²) in [6.07, 6.45) is 6.31. The highest BCUT2D eigenvalue weighted by molar-refractivity contribution is 5.98. The number of aromatic nitrogens is 2. The minimum atomic E-state index is -0.348. The number of nitrogens with zero attached hydrogens (tertiary/aromatic N) is 2. The molecule has 3 rings (SSSR count). The van der Waals surface area contributed by atoms with Crippen molar-refractivity contribution in [3.05, 3.63) is 90.9 Å². The Labute approximate surface area is 174 Å². The topological polar surface area (TPSA) is 108 Å². The summed E-state index contributed by atoms with van der Waals surface area (Å²) in [4.78, 5) is 31.9. The highest BCUT2D eigenvalue weighted by Crippen LogP contribution is 2.18. The molecule has 0 aliphatic rings. The van der Waals surface area contributed by atoms with Crippen molar-refractivity contribution in [1.82, 2.24) is 15.3 Å². The number of urea groups is 1. The summed E-state index contributed by atoms with van der Waals surface area (Å²) in [6.45, 7) is 4.31. The maximum Gasteiger partial charge on any atom is 0.319 e. The quantitative estimate of drug-likeness (QED) is 0.431. The van der Waals surface area contributed by atoms with Crippen molar-refractivity contribution in [1.29, 1.82) is 0 Å². The molecule has 0 unspecified atom stereocenters. The maximum absolute atomic E-state index is 12.3. The van der Waals surface area contributed by atoms with Crippen LogP contribution in [0.5, 0.6) is 0 Å². The predicted molar refractivity (Wildman–Crippen MR) is 117 cm³/mol. The van der Waals surface area contributed by atoms with E-state index in [1.807, 2.05) is 24.3 Å². The van der Waals surface area contributed by atoms with Crippen LogP contribution in [0.2, 0.25) is 0 Å². The van der Waals surface area contributed by atoms with E-state index in [0.717, 1.165) is 11.1 Å². The normalized spacial score (nSPS) is 10.0. The van der Waals surface area contributed by atoms with Crippen molar-refractivity contribution in [2.24, 2.45) is 0 Å². The lowest BCUT2D eigenvalue weighted by molar-refractivity contribution is -0.111. The molecule has 0 saturated carbocycles. The Kier molecular flexibility index (Phi) is 7.10. The fourth-order valence-corrected chi connectivity index (χ4v) is 2.58. The van der Waals surface area contributed by atoms with Crippen molar-refractivity contribution in [3.63, 3.8) is 0 Å². The Morgan fingerprint density at radius 2 is 1.63 bits per heavy atom. The molecule has 4 N–H and O–H groups in total. The van der Waals surface area contributed by atoms with Gasteiger partial charge in [0, 0.05) is 37.4 Å². The second kappa shape index (κ2) is 10.4. The maximum atomic E-state index is 12.3. The first-order valence-corrected chi connectivity index (χ1v) is 9.29. The molecule has 2 heterocycles. The van der Waals surface area contributed by atoms with Gasteiger partial charge in [-0.1, -0.05) is 18.7 Å². The van der Waals surface area contributed by atoms with Crippen molar-refractivity contribution in [2.45, 2.75) is 13.1 Å². The number of carbonyl (C=O) groups is 2. The largest absolute Gasteiger partial charge is 0.364 e. The summed E-state index contributed by atoms with van der Waals surface area (Å²) in [6, 6.07) is 14.2. The molecule has 0 aliphatic carbocycles. The zero-order valence-electron chi connectivity index (χ0n) is 16.3. The summed E-state index contributed by atoms with van der Waals surface area (Å²) in [5.74, 6) is 0.303. The molecule has 2 aromatic heterocycles. The molecular weight excluding hydrogens is 380 g/mol. The summed E-state index contributed by atoms with van der Waals surface area (Å²) >= 11 is 0. The van der Waals surface area contributed by atoms with Gasteiger partial charge in [0.15, 0.2) is 0 Å². The van der Waals surface area contributed by atoms with Gasteiger partial charge in [-0.15, -0.1) is 0 Å². The van der Waals surface area contributed by atoms with Crippen LogP contribution in [0.3, 0.4) is 0 Å². The molecule has 8 heteroatoms. The van der Waals surface area contributed by atoms with Gasteiger partial charge in [0.05, 0.1) is 5.69 Å². The summed E-state index contributed by atoms with van der Waals surface area (Å²) in [5, 5.41) is 11.5. The number of hydrogen-bond donors (Lipinski definition) is 4. The summed E-state index contributed by atoms with van der Waals surface area (Å²) in [5.41, 5.74) is 3.18. The Hall–Kier alpha value is -4.20. The standard InChI is InChI=1S/C22H22N6O2/c1-2-20(29)27-18-7-5-16(6-8-18)15-26-22(30)28-19-4-3-11-24-21(19)25-14-17-9-12-23-13-10-17/h2-13H,1,14-15H2,(H,24,25)(H,27,29)(H2,26,28,30). The molecule has 0 bridgehead atoms. The van der Waals surface area contributed by atoms with E-state index in [-0.39, 0.29) is 11.9 Å². The third kappa shape index (κ3) is 6.16. The number of nitrogens with one attached hydrogen (secondary N) is 4. The van der Waals surface area contributed by atoms with Gasteiger partial charge in [-0.05, 0) is 53.6 Å². The first kappa shape index (κ1) is 20.5. The molecule has 0 saturated heterocycles. The molecule has 30 heavy (non-hydrogen) atoms. The van der Waals surface area contributed by atoms with Crippen molar-refractivity contribution in [2.75, 3.05) is 16.0 Å². The molecule has 1 aromatic carbocycles. The van der Waals surface area contributed by atoms with Gasteiger partial charge < -0.3 is 21.3 Å². The van der Waals surface area contributed by atoms with Gasteiger partial charge in [0.1, 0.15) is 5.82 Å². The second-order valence-electron chi connectivity index (χ2n) is 6.31. The van der Waals surface area contributed by atoms with Crippen molar-refractivity contribution < 1.29 is 9.59 Å². The lowest BCUT2D eigenvalue weighted by Gasteiger charge is -2.13. The fraction of sp³-hybridized carbons (Fsp3) is 0.0909. The second-order valence-corrected chi connectivity index (χ2v) is 6.31. The van der Waals surface area contributed by atoms with E-state index in [2.05, 4.69) is 37.8 Å². The number of anilines is 3. The molecule has 0 atom stereocenters. The van der Waals surface area contributed by atoms with Gasteiger partial charge in [-0.3, -0.25) is 9.78 Å². The monoisotopic (exact) mass is 402 g/mol. The van der Waals surface area contributed by atoms with Crippen molar-refractivity contribution in [3.8, 4) is 0 Å². The van der Waals surface area contributed by atoms with E-state index in [4.69, 9.17) is 0 Å². The first-order valence-electron chi connectivity index (χ1n) is 9.29. The zero-order valence-corrected chi connectivity index (χ0v) is 16.3. The van der Waals surface area contributed by atoms with E-state index in [1.165, 1.54) is 6.08 Å².